The smallest absolute Gasteiger partial charge is 0.0979 e. The highest BCUT2D eigenvalue weighted by molar-refractivity contribution is 9.10. The molecular weight excluding hydrogens is 288 g/mol. The van der Waals surface area contributed by atoms with Crippen LogP contribution in [0.4, 0.5) is 5.69 Å². The zero-order chi connectivity index (χ0) is 13.0. The molecule has 2 rings (SSSR count). The van der Waals surface area contributed by atoms with Crippen LogP contribution in [0.15, 0.2) is 27.7 Å². The molecule has 1 fully saturated rings. The van der Waals surface area contributed by atoms with Gasteiger partial charge in [0.25, 0.3) is 0 Å². The van der Waals surface area contributed by atoms with Gasteiger partial charge in [0.2, 0.25) is 0 Å². The lowest BCUT2D eigenvalue weighted by molar-refractivity contribution is 0.443. The highest BCUT2D eigenvalue weighted by atomic mass is 79.9. The number of nitrogens with zero attached hydrogens (tertiary/aromatic N) is 1. The molecule has 0 heterocycles. The number of benzene rings is 1. The minimum Gasteiger partial charge on any atom is -0.344 e. The molecule has 0 radical (unpaired) electrons. The summed E-state index contributed by atoms with van der Waals surface area (Å²) in [7, 11) is 0. The predicted octanol–water partition coefficient (Wildman–Crippen LogP) is 4.92. The zero-order valence-corrected chi connectivity index (χ0v) is 12.8. The molecule has 1 aromatic rings. The van der Waals surface area contributed by atoms with E-state index in [4.69, 9.17) is 4.99 Å². The van der Waals surface area contributed by atoms with Crippen molar-refractivity contribution in [2.45, 2.75) is 52.0 Å². The maximum absolute atomic E-state index is 4.79. The predicted molar refractivity (Wildman–Crippen MR) is 82.5 cm³/mol. The molecule has 0 bridgehead atoms. The summed E-state index contributed by atoms with van der Waals surface area (Å²) in [5.41, 5.74) is 2.39. The standard InChI is InChI=1S/C15H21BrN2/c1-11-10-13(16)8-9-15(11)18-12(2)17-14-6-4-3-5-7-14/h8-10,14H,3-7H2,1-2H3,(H,17,18). The van der Waals surface area contributed by atoms with Crippen molar-refractivity contribution in [2.24, 2.45) is 4.99 Å². The molecular formula is C15H21BrN2. The van der Waals surface area contributed by atoms with E-state index in [1.807, 2.05) is 0 Å². The van der Waals surface area contributed by atoms with Crippen molar-refractivity contribution < 1.29 is 0 Å². The van der Waals surface area contributed by atoms with Crippen molar-refractivity contribution >= 4 is 27.5 Å². The van der Waals surface area contributed by atoms with Crippen molar-refractivity contribution in [1.82, 2.24) is 0 Å². The number of amidine groups is 1. The van der Waals surface area contributed by atoms with E-state index in [1.54, 1.807) is 0 Å². The van der Waals surface area contributed by atoms with Crippen molar-refractivity contribution in [3.8, 4) is 0 Å². The van der Waals surface area contributed by atoms with Gasteiger partial charge in [-0.3, -0.25) is 4.99 Å². The Bertz CT molecular complexity index is 434. The highest BCUT2D eigenvalue weighted by Crippen LogP contribution is 2.22. The number of hydrogen-bond acceptors (Lipinski definition) is 1. The SMILES string of the molecule is CC(=NC1CCCCC1)Nc1ccc(Br)cc1C. The molecule has 1 N–H and O–H groups in total. The van der Waals surface area contributed by atoms with Crippen LogP contribution in [0, 0.1) is 6.92 Å². The van der Waals surface area contributed by atoms with Crippen LogP contribution in [0.1, 0.15) is 44.6 Å². The highest BCUT2D eigenvalue weighted by Gasteiger charge is 2.12. The molecule has 3 heteroatoms. The van der Waals surface area contributed by atoms with E-state index < -0.39 is 0 Å². The van der Waals surface area contributed by atoms with Gasteiger partial charge in [0.05, 0.1) is 11.9 Å². The van der Waals surface area contributed by atoms with Crippen LogP contribution in [0.5, 0.6) is 0 Å². The Labute approximate surface area is 118 Å². The molecule has 98 valence electrons. The maximum atomic E-state index is 4.79. The largest absolute Gasteiger partial charge is 0.344 e. The van der Waals surface area contributed by atoms with Crippen LogP contribution in [-0.2, 0) is 0 Å². The fraction of sp³-hybridized carbons (Fsp3) is 0.533. The van der Waals surface area contributed by atoms with Crippen LogP contribution < -0.4 is 5.32 Å². The minimum absolute atomic E-state index is 0.530. The van der Waals surface area contributed by atoms with Crippen LogP contribution in [0.3, 0.4) is 0 Å². The molecule has 1 saturated carbocycles. The second-order valence-electron chi connectivity index (χ2n) is 5.09. The van der Waals surface area contributed by atoms with Crippen LogP contribution in [0.25, 0.3) is 0 Å². The number of hydrogen-bond donors (Lipinski definition) is 1. The second kappa shape index (κ2) is 6.37. The van der Waals surface area contributed by atoms with Crippen molar-refractivity contribution in [2.75, 3.05) is 5.32 Å². The molecule has 1 aliphatic rings. The van der Waals surface area contributed by atoms with Gasteiger partial charge in [-0.1, -0.05) is 35.2 Å². The lowest BCUT2D eigenvalue weighted by Crippen LogP contribution is -2.16. The van der Waals surface area contributed by atoms with Gasteiger partial charge in [-0.15, -0.1) is 0 Å². The van der Waals surface area contributed by atoms with Gasteiger partial charge in [-0.05, 0) is 50.5 Å². The molecule has 0 amide bonds. The number of anilines is 1. The van der Waals surface area contributed by atoms with E-state index in [1.165, 1.54) is 37.7 Å². The van der Waals surface area contributed by atoms with E-state index in [9.17, 15) is 0 Å². The van der Waals surface area contributed by atoms with Crippen LogP contribution in [0.2, 0.25) is 0 Å². The molecule has 1 aliphatic carbocycles. The summed E-state index contributed by atoms with van der Waals surface area (Å²) in [6.07, 6.45) is 6.54. The molecule has 2 nitrogen and oxygen atoms in total. The number of rotatable bonds is 2. The first-order valence-corrected chi connectivity index (χ1v) is 7.52. The van der Waals surface area contributed by atoms with Gasteiger partial charge >= 0.3 is 0 Å². The summed E-state index contributed by atoms with van der Waals surface area (Å²) in [6, 6.07) is 6.81. The van der Waals surface area contributed by atoms with Gasteiger partial charge in [0.15, 0.2) is 0 Å². The fourth-order valence-corrected chi connectivity index (χ4v) is 2.95. The second-order valence-corrected chi connectivity index (χ2v) is 6.01. The van der Waals surface area contributed by atoms with E-state index in [-0.39, 0.29) is 0 Å². The fourth-order valence-electron chi connectivity index (χ4n) is 2.48. The molecule has 0 aromatic heterocycles. The summed E-state index contributed by atoms with van der Waals surface area (Å²) in [5.74, 6) is 1.03. The van der Waals surface area contributed by atoms with Gasteiger partial charge < -0.3 is 5.32 Å². The summed E-state index contributed by atoms with van der Waals surface area (Å²) in [6.45, 7) is 4.18. The summed E-state index contributed by atoms with van der Waals surface area (Å²) < 4.78 is 1.12. The molecule has 0 atom stereocenters. The molecule has 18 heavy (non-hydrogen) atoms. The molecule has 1 aromatic carbocycles. The monoisotopic (exact) mass is 308 g/mol. The van der Waals surface area contributed by atoms with Gasteiger partial charge in [0.1, 0.15) is 0 Å². The topological polar surface area (TPSA) is 24.4 Å². The van der Waals surface area contributed by atoms with Crippen molar-refractivity contribution in [3.05, 3.63) is 28.2 Å². The third kappa shape index (κ3) is 3.84. The molecule has 0 unspecified atom stereocenters. The van der Waals surface area contributed by atoms with Crippen LogP contribution >= 0.6 is 15.9 Å². The Morgan fingerprint density at radius 2 is 2.00 bits per heavy atom. The average Bonchev–Trinajstić information content (AvgIpc) is 2.34. The van der Waals surface area contributed by atoms with Crippen molar-refractivity contribution in [1.29, 1.82) is 0 Å². The summed E-state index contributed by atoms with van der Waals surface area (Å²) in [5, 5.41) is 3.41. The third-order valence-corrected chi connectivity index (χ3v) is 3.95. The Kier molecular flexibility index (Phi) is 4.81. The first kappa shape index (κ1) is 13.6. The Morgan fingerprint density at radius 3 is 2.67 bits per heavy atom. The third-order valence-electron chi connectivity index (χ3n) is 3.45. The number of aryl methyl sites for hydroxylation is 1. The average molecular weight is 309 g/mol. The number of halogens is 1. The minimum atomic E-state index is 0.530. The summed E-state index contributed by atoms with van der Waals surface area (Å²) in [4.78, 5) is 4.79. The summed E-state index contributed by atoms with van der Waals surface area (Å²) >= 11 is 3.48. The number of nitrogens with one attached hydrogen (secondary N) is 1. The Balaban J connectivity index is 2.01. The molecule has 0 spiro atoms. The normalized spacial score (nSPS) is 17.8. The van der Waals surface area contributed by atoms with Crippen LogP contribution in [-0.4, -0.2) is 11.9 Å². The van der Waals surface area contributed by atoms with E-state index in [0.29, 0.717) is 6.04 Å². The molecule has 0 aliphatic heterocycles. The maximum Gasteiger partial charge on any atom is 0.0979 e. The van der Waals surface area contributed by atoms with Crippen molar-refractivity contribution in [3.63, 3.8) is 0 Å². The van der Waals surface area contributed by atoms with E-state index in [2.05, 4.69) is 53.3 Å². The first-order chi connectivity index (χ1) is 8.65. The lowest BCUT2D eigenvalue weighted by atomic mass is 9.96. The first-order valence-electron chi connectivity index (χ1n) is 6.73. The van der Waals surface area contributed by atoms with Gasteiger partial charge in [0, 0.05) is 10.2 Å². The van der Waals surface area contributed by atoms with Gasteiger partial charge in [-0.2, -0.15) is 0 Å². The zero-order valence-electron chi connectivity index (χ0n) is 11.2. The molecule has 0 saturated heterocycles. The lowest BCUT2D eigenvalue weighted by Gasteiger charge is -2.19. The Hall–Kier alpha value is -0.830. The number of aliphatic imine (C=N–C) groups is 1. The van der Waals surface area contributed by atoms with Gasteiger partial charge in [-0.25, -0.2) is 0 Å². The quantitative estimate of drug-likeness (QED) is 0.608. The van der Waals surface area contributed by atoms with E-state index in [0.717, 1.165) is 16.0 Å². The van der Waals surface area contributed by atoms with E-state index >= 15 is 0 Å². The Morgan fingerprint density at radius 1 is 1.28 bits per heavy atom.